The maximum absolute atomic E-state index is 10.4. The molecule has 0 heterocycles. The highest BCUT2D eigenvalue weighted by molar-refractivity contribution is 5.65. The summed E-state index contributed by atoms with van der Waals surface area (Å²) < 4.78 is 4.63. The molecule has 0 saturated carbocycles. The molecule has 4 nitrogen and oxygen atoms in total. The summed E-state index contributed by atoms with van der Waals surface area (Å²) in [6.07, 6.45) is 0.218. The molecule has 0 aromatic rings. The number of nitrogens with two attached hydrogens (primary N) is 1. The van der Waals surface area contributed by atoms with Crippen LogP contribution >= 0.6 is 0 Å². The zero-order valence-corrected chi connectivity index (χ0v) is 7.83. The number of carbonyl (C=O) groups is 1. The molecule has 3 N–H and O–H groups in total. The summed E-state index contributed by atoms with van der Waals surface area (Å²) in [6.45, 7) is 5.45. The van der Waals surface area contributed by atoms with E-state index in [-0.39, 0.29) is 5.92 Å². The van der Waals surface area contributed by atoms with Crippen LogP contribution in [-0.4, -0.2) is 17.0 Å². The molecular weight excluding hydrogens is 158 g/mol. The lowest BCUT2D eigenvalue weighted by Crippen LogP contribution is -2.41. The van der Waals surface area contributed by atoms with Crippen LogP contribution in [0.1, 0.15) is 33.6 Å². The predicted octanol–water partition coefficient (Wildman–Crippen LogP) is 1.23. The highest BCUT2D eigenvalue weighted by Gasteiger charge is 2.33. The molecule has 0 fully saturated rings. The summed E-state index contributed by atoms with van der Waals surface area (Å²) in [5, 5.41) is 9.74. The van der Waals surface area contributed by atoms with Gasteiger partial charge in [-0.05, 0) is 6.42 Å². The molecule has 72 valence electrons. The number of hydrogen-bond donors (Lipinski definition) is 2. The van der Waals surface area contributed by atoms with E-state index in [2.05, 4.69) is 4.74 Å². The third-order valence-corrected chi connectivity index (χ3v) is 1.79. The summed E-state index contributed by atoms with van der Waals surface area (Å²) in [7, 11) is 0. The van der Waals surface area contributed by atoms with E-state index < -0.39 is 11.9 Å². The topological polar surface area (TPSA) is 72.6 Å². The number of ether oxygens (including phenoxy) is 1. The Morgan fingerprint density at radius 3 is 2.42 bits per heavy atom. The molecule has 4 heteroatoms. The Labute approximate surface area is 72.7 Å². The van der Waals surface area contributed by atoms with Crippen LogP contribution in [0.3, 0.4) is 0 Å². The number of hydrogen-bond acceptors (Lipinski definition) is 3. The normalized spacial score (nSPS) is 15.8. The van der Waals surface area contributed by atoms with Crippen LogP contribution in [-0.2, 0) is 4.74 Å². The van der Waals surface area contributed by atoms with Crippen LogP contribution in [0.5, 0.6) is 0 Å². The van der Waals surface area contributed by atoms with E-state index in [1.165, 1.54) is 0 Å². The minimum Gasteiger partial charge on any atom is -0.417 e. The second kappa shape index (κ2) is 4.30. The van der Waals surface area contributed by atoms with Crippen molar-refractivity contribution < 1.29 is 14.6 Å². The lowest BCUT2D eigenvalue weighted by molar-refractivity contribution is -0.194. The van der Waals surface area contributed by atoms with Crippen molar-refractivity contribution >= 4 is 6.09 Å². The Balaban J connectivity index is 4.28. The van der Waals surface area contributed by atoms with Crippen molar-refractivity contribution in [2.75, 3.05) is 0 Å². The summed E-state index contributed by atoms with van der Waals surface area (Å²) in [5.41, 5.74) is 4.83. The zero-order chi connectivity index (χ0) is 9.78. The van der Waals surface area contributed by atoms with Gasteiger partial charge < -0.3 is 15.6 Å². The fourth-order valence-corrected chi connectivity index (χ4v) is 0.990. The van der Waals surface area contributed by atoms with Crippen LogP contribution < -0.4 is 5.73 Å². The van der Waals surface area contributed by atoms with E-state index in [9.17, 15) is 9.90 Å². The number of primary amides is 1. The van der Waals surface area contributed by atoms with E-state index in [4.69, 9.17) is 5.73 Å². The molecule has 0 aliphatic heterocycles. The van der Waals surface area contributed by atoms with E-state index >= 15 is 0 Å². The Morgan fingerprint density at radius 2 is 2.17 bits per heavy atom. The van der Waals surface area contributed by atoms with Gasteiger partial charge in [-0.15, -0.1) is 0 Å². The lowest BCUT2D eigenvalue weighted by atomic mass is 9.98. The average Bonchev–Trinajstić information content (AvgIpc) is 1.85. The highest BCUT2D eigenvalue weighted by Crippen LogP contribution is 2.23. The molecule has 0 aromatic heterocycles. The minimum absolute atomic E-state index is 0.148. The molecule has 0 bridgehead atoms. The van der Waals surface area contributed by atoms with Crippen LogP contribution in [0.25, 0.3) is 0 Å². The smallest absolute Gasteiger partial charge is 0.407 e. The van der Waals surface area contributed by atoms with Crippen LogP contribution in [0.2, 0.25) is 0 Å². The average molecular weight is 175 g/mol. The van der Waals surface area contributed by atoms with E-state index in [0.717, 1.165) is 6.42 Å². The molecule has 0 aromatic carbocycles. The lowest BCUT2D eigenvalue weighted by Gasteiger charge is -2.30. The van der Waals surface area contributed by atoms with Gasteiger partial charge in [-0.1, -0.05) is 20.8 Å². The molecule has 0 rings (SSSR count). The molecule has 12 heavy (non-hydrogen) atoms. The van der Waals surface area contributed by atoms with Gasteiger partial charge in [0.1, 0.15) is 0 Å². The number of amides is 1. The molecule has 0 saturated heterocycles. The molecule has 0 aliphatic rings. The largest absolute Gasteiger partial charge is 0.417 e. The molecular formula is C8H17NO3. The van der Waals surface area contributed by atoms with Crippen molar-refractivity contribution in [3.8, 4) is 0 Å². The van der Waals surface area contributed by atoms with Crippen molar-refractivity contribution in [2.24, 2.45) is 11.7 Å². The van der Waals surface area contributed by atoms with Crippen molar-refractivity contribution in [1.82, 2.24) is 0 Å². The number of rotatable bonds is 4. The fourth-order valence-electron chi connectivity index (χ4n) is 0.990. The third kappa shape index (κ3) is 3.09. The van der Waals surface area contributed by atoms with Gasteiger partial charge in [-0.25, -0.2) is 4.79 Å². The van der Waals surface area contributed by atoms with Crippen molar-refractivity contribution in [2.45, 2.75) is 39.4 Å². The Morgan fingerprint density at radius 1 is 1.67 bits per heavy atom. The maximum atomic E-state index is 10.4. The zero-order valence-electron chi connectivity index (χ0n) is 7.83. The van der Waals surface area contributed by atoms with Gasteiger partial charge >= 0.3 is 6.09 Å². The minimum atomic E-state index is -1.40. The first-order valence-electron chi connectivity index (χ1n) is 4.13. The van der Waals surface area contributed by atoms with Crippen LogP contribution in [0.15, 0.2) is 0 Å². The Hall–Kier alpha value is -0.770. The molecule has 1 amide bonds. The predicted molar refractivity (Wildman–Crippen MR) is 45.4 cm³/mol. The van der Waals surface area contributed by atoms with E-state index in [1.54, 1.807) is 13.8 Å². The first kappa shape index (κ1) is 11.2. The first-order chi connectivity index (χ1) is 5.42. The van der Waals surface area contributed by atoms with Gasteiger partial charge in [0.15, 0.2) is 0 Å². The summed E-state index contributed by atoms with van der Waals surface area (Å²) in [4.78, 5) is 10.4. The van der Waals surface area contributed by atoms with Crippen LogP contribution in [0.4, 0.5) is 4.79 Å². The molecule has 1 unspecified atom stereocenters. The number of aliphatic hydroxyl groups is 1. The number of carbonyl (C=O) groups excluding carboxylic acids is 1. The van der Waals surface area contributed by atoms with Gasteiger partial charge in [0.05, 0.1) is 0 Å². The first-order valence-corrected chi connectivity index (χ1v) is 4.13. The summed E-state index contributed by atoms with van der Waals surface area (Å²) >= 11 is 0. The van der Waals surface area contributed by atoms with Gasteiger partial charge in [-0.2, -0.15) is 0 Å². The van der Waals surface area contributed by atoms with E-state index in [1.807, 2.05) is 6.92 Å². The van der Waals surface area contributed by atoms with Gasteiger partial charge in [-0.3, -0.25) is 0 Å². The Kier molecular flexibility index (Phi) is 4.03. The van der Waals surface area contributed by atoms with Gasteiger partial charge in [0.2, 0.25) is 5.79 Å². The van der Waals surface area contributed by atoms with Crippen LogP contribution in [0, 0.1) is 5.92 Å². The summed E-state index contributed by atoms with van der Waals surface area (Å²) in [6, 6.07) is 0. The molecule has 0 spiro atoms. The molecule has 0 aliphatic carbocycles. The van der Waals surface area contributed by atoms with Gasteiger partial charge in [0.25, 0.3) is 0 Å². The fraction of sp³-hybridized carbons (Fsp3) is 0.875. The van der Waals surface area contributed by atoms with Crippen molar-refractivity contribution in [3.63, 3.8) is 0 Å². The van der Waals surface area contributed by atoms with Crippen molar-refractivity contribution in [1.29, 1.82) is 0 Å². The Bertz CT molecular complexity index is 158. The molecule has 1 atom stereocenters. The standard InChI is InChI=1S/C8H17NO3/c1-4-5-8(11,6(2)3)12-7(9)10/h6,11H,4-5H2,1-3H3,(H2,9,10). The SMILES string of the molecule is CCCC(O)(OC(N)=O)C(C)C. The second-order valence-electron chi connectivity index (χ2n) is 3.17. The quantitative estimate of drug-likeness (QED) is 0.631. The third-order valence-electron chi connectivity index (χ3n) is 1.79. The highest BCUT2D eigenvalue weighted by atomic mass is 16.7. The van der Waals surface area contributed by atoms with E-state index in [0.29, 0.717) is 6.42 Å². The summed E-state index contributed by atoms with van der Waals surface area (Å²) in [5.74, 6) is -1.55. The monoisotopic (exact) mass is 175 g/mol. The van der Waals surface area contributed by atoms with Gasteiger partial charge in [0, 0.05) is 12.3 Å². The van der Waals surface area contributed by atoms with Crippen molar-refractivity contribution in [3.05, 3.63) is 0 Å². The second-order valence-corrected chi connectivity index (χ2v) is 3.17. The molecule has 0 radical (unpaired) electrons. The maximum Gasteiger partial charge on any atom is 0.407 e.